The van der Waals surface area contributed by atoms with Crippen LogP contribution in [0.25, 0.3) is 0 Å². The SMILES string of the molecule is O=C(O)C1CCN(C(=O)c2ccc(NCc3ccsc3)cc2)CC1. The number of carboxylic acids is 1. The van der Waals surface area contributed by atoms with E-state index in [2.05, 4.69) is 16.8 Å². The number of anilines is 1. The Hall–Kier alpha value is -2.34. The van der Waals surface area contributed by atoms with Crippen molar-refractivity contribution in [3.05, 3.63) is 52.2 Å². The second kappa shape index (κ2) is 7.49. The molecule has 1 fully saturated rings. The zero-order chi connectivity index (χ0) is 16.9. The number of carboxylic acid groups (broad SMARTS) is 1. The third kappa shape index (κ3) is 3.94. The summed E-state index contributed by atoms with van der Waals surface area (Å²) in [6.45, 7) is 1.78. The van der Waals surface area contributed by atoms with E-state index in [-0.39, 0.29) is 11.8 Å². The first-order valence-electron chi connectivity index (χ1n) is 8.00. The molecule has 2 aromatic rings. The molecule has 1 saturated heterocycles. The number of nitrogens with one attached hydrogen (secondary N) is 1. The van der Waals surface area contributed by atoms with Gasteiger partial charge < -0.3 is 15.3 Å². The van der Waals surface area contributed by atoms with Crippen LogP contribution in [0.3, 0.4) is 0 Å². The lowest BCUT2D eigenvalue weighted by Gasteiger charge is -2.30. The summed E-state index contributed by atoms with van der Waals surface area (Å²) in [6.07, 6.45) is 1.06. The third-order valence-electron chi connectivity index (χ3n) is 4.34. The zero-order valence-corrected chi connectivity index (χ0v) is 14.1. The molecule has 5 nitrogen and oxygen atoms in total. The minimum atomic E-state index is -0.761. The fraction of sp³-hybridized carbons (Fsp3) is 0.333. The highest BCUT2D eigenvalue weighted by Crippen LogP contribution is 2.20. The number of likely N-dealkylation sites (tertiary alicyclic amines) is 1. The second-order valence-electron chi connectivity index (χ2n) is 5.97. The van der Waals surface area contributed by atoms with Gasteiger partial charge in [-0.05, 0) is 59.5 Å². The van der Waals surface area contributed by atoms with Crippen LogP contribution in [0, 0.1) is 5.92 Å². The lowest BCUT2D eigenvalue weighted by atomic mass is 9.96. The van der Waals surface area contributed by atoms with Crippen LogP contribution in [-0.2, 0) is 11.3 Å². The highest BCUT2D eigenvalue weighted by Gasteiger charge is 2.27. The number of carbonyl (C=O) groups excluding carboxylic acids is 1. The van der Waals surface area contributed by atoms with Crippen LogP contribution < -0.4 is 5.32 Å². The molecule has 0 atom stereocenters. The zero-order valence-electron chi connectivity index (χ0n) is 13.3. The van der Waals surface area contributed by atoms with Gasteiger partial charge in [0.15, 0.2) is 0 Å². The predicted molar refractivity (Wildman–Crippen MR) is 94.4 cm³/mol. The molecule has 1 aliphatic rings. The number of piperidine rings is 1. The Morgan fingerprint density at radius 2 is 1.88 bits per heavy atom. The van der Waals surface area contributed by atoms with Crippen molar-refractivity contribution in [1.29, 1.82) is 0 Å². The molecule has 0 spiro atoms. The molecule has 3 rings (SSSR count). The molecular formula is C18H20N2O3S. The Morgan fingerprint density at radius 1 is 1.17 bits per heavy atom. The van der Waals surface area contributed by atoms with Gasteiger partial charge in [-0.1, -0.05) is 0 Å². The molecule has 6 heteroatoms. The fourth-order valence-electron chi connectivity index (χ4n) is 2.84. The van der Waals surface area contributed by atoms with Crippen molar-refractivity contribution in [2.24, 2.45) is 5.92 Å². The Labute approximate surface area is 144 Å². The maximum atomic E-state index is 12.5. The Balaban J connectivity index is 1.55. The van der Waals surface area contributed by atoms with Crippen LogP contribution in [0.2, 0.25) is 0 Å². The number of hydrogen-bond donors (Lipinski definition) is 2. The lowest BCUT2D eigenvalue weighted by molar-refractivity contribution is -0.143. The minimum absolute atomic E-state index is 0.0248. The van der Waals surface area contributed by atoms with Crippen molar-refractivity contribution in [1.82, 2.24) is 4.90 Å². The van der Waals surface area contributed by atoms with Crippen molar-refractivity contribution in [3.8, 4) is 0 Å². The topological polar surface area (TPSA) is 69.6 Å². The third-order valence-corrected chi connectivity index (χ3v) is 5.07. The summed E-state index contributed by atoms with van der Waals surface area (Å²) < 4.78 is 0. The summed E-state index contributed by atoms with van der Waals surface area (Å²) in [5.74, 6) is -1.11. The van der Waals surface area contributed by atoms with E-state index >= 15 is 0 Å². The van der Waals surface area contributed by atoms with Crippen LogP contribution in [0.4, 0.5) is 5.69 Å². The lowest BCUT2D eigenvalue weighted by Crippen LogP contribution is -2.40. The average molecular weight is 344 g/mol. The predicted octanol–water partition coefficient (Wildman–Crippen LogP) is 3.30. The van der Waals surface area contributed by atoms with Gasteiger partial charge in [0.2, 0.25) is 0 Å². The van der Waals surface area contributed by atoms with Gasteiger partial charge in [0.05, 0.1) is 5.92 Å². The second-order valence-corrected chi connectivity index (χ2v) is 6.75. The van der Waals surface area contributed by atoms with Crippen molar-refractivity contribution >= 4 is 28.9 Å². The molecule has 0 unspecified atom stereocenters. The van der Waals surface area contributed by atoms with E-state index in [0.717, 1.165) is 12.2 Å². The monoisotopic (exact) mass is 344 g/mol. The van der Waals surface area contributed by atoms with Crippen LogP contribution >= 0.6 is 11.3 Å². The van der Waals surface area contributed by atoms with Crippen LogP contribution in [0.15, 0.2) is 41.1 Å². The van der Waals surface area contributed by atoms with Crippen molar-refractivity contribution in [2.45, 2.75) is 19.4 Å². The molecule has 1 aromatic carbocycles. The molecule has 1 aromatic heterocycles. The van der Waals surface area contributed by atoms with Gasteiger partial charge in [0, 0.05) is 30.9 Å². The summed E-state index contributed by atoms with van der Waals surface area (Å²) in [7, 11) is 0. The maximum Gasteiger partial charge on any atom is 0.306 e. The van der Waals surface area contributed by atoms with Gasteiger partial charge in [-0.2, -0.15) is 11.3 Å². The number of thiophene rings is 1. The number of hydrogen-bond acceptors (Lipinski definition) is 4. The number of rotatable bonds is 5. The van der Waals surface area contributed by atoms with Gasteiger partial charge in [-0.3, -0.25) is 9.59 Å². The number of amides is 1. The molecule has 0 aliphatic carbocycles. The Morgan fingerprint density at radius 3 is 2.46 bits per heavy atom. The Kier molecular flexibility index (Phi) is 5.15. The molecule has 24 heavy (non-hydrogen) atoms. The van der Waals surface area contributed by atoms with Crippen molar-refractivity contribution < 1.29 is 14.7 Å². The van der Waals surface area contributed by atoms with E-state index < -0.39 is 5.97 Å². The molecule has 2 heterocycles. The molecule has 2 N–H and O–H groups in total. The van der Waals surface area contributed by atoms with Gasteiger partial charge in [-0.15, -0.1) is 0 Å². The first kappa shape index (κ1) is 16.5. The summed E-state index contributed by atoms with van der Waals surface area (Å²) in [5.41, 5.74) is 2.86. The average Bonchev–Trinajstić information content (AvgIpc) is 3.13. The van der Waals surface area contributed by atoms with Gasteiger partial charge in [-0.25, -0.2) is 0 Å². The summed E-state index contributed by atoms with van der Waals surface area (Å²) in [6, 6.07) is 9.53. The molecule has 1 aliphatic heterocycles. The number of carbonyl (C=O) groups is 2. The van der Waals surface area contributed by atoms with Crippen LogP contribution in [0.1, 0.15) is 28.8 Å². The molecule has 126 valence electrons. The van der Waals surface area contributed by atoms with Gasteiger partial charge in [0.25, 0.3) is 5.91 Å². The Bertz CT molecular complexity index is 690. The molecule has 0 saturated carbocycles. The van der Waals surface area contributed by atoms with Crippen LogP contribution in [-0.4, -0.2) is 35.0 Å². The van der Waals surface area contributed by atoms with Crippen molar-refractivity contribution in [2.75, 3.05) is 18.4 Å². The van der Waals surface area contributed by atoms with Crippen molar-refractivity contribution in [3.63, 3.8) is 0 Å². The number of benzene rings is 1. The first-order chi connectivity index (χ1) is 11.6. The van der Waals surface area contributed by atoms with E-state index in [4.69, 9.17) is 5.11 Å². The summed E-state index contributed by atoms with van der Waals surface area (Å²) in [5, 5.41) is 16.5. The highest BCUT2D eigenvalue weighted by molar-refractivity contribution is 7.07. The summed E-state index contributed by atoms with van der Waals surface area (Å²) in [4.78, 5) is 25.2. The summed E-state index contributed by atoms with van der Waals surface area (Å²) >= 11 is 1.67. The number of nitrogens with zero attached hydrogens (tertiary/aromatic N) is 1. The van der Waals surface area contributed by atoms with Gasteiger partial charge in [0.1, 0.15) is 0 Å². The minimum Gasteiger partial charge on any atom is -0.481 e. The maximum absolute atomic E-state index is 12.5. The molecule has 1 amide bonds. The standard InChI is InChI=1S/C18H20N2O3S/c21-17(20-8-5-15(6-9-20)18(22)23)14-1-3-16(4-2-14)19-11-13-7-10-24-12-13/h1-4,7,10,12,15,19H,5-6,8-9,11H2,(H,22,23). The largest absolute Gasteiger partial charge is 0.481 e. The van der Waals surface area contributed by atoms with Crippen LogP contribution in [0.5, 0.6) is 0 Å². The molecular weight excluding hydrogens is 324 g/mol. The normalized spacial score (nSPS) is 15.2. The molecule has 0 radical (unpaired) electrons. The van der Waals surface area contributed by atoms with E-state index in [1.165, 1.54) is 5.56 Å². The van der Waals surface area contributed by atoms with E-state index in [0.29, 0.717) is 31.5 Å². The van der Waals surface area contributed by atoms with E-state index in [1.54, 1.807) is 16.2 Å². The first-order valence-corrected chi connectivity index (χ1v) is 8.95. The number of aliphatic carboxylic acids is 1. The van der Waals surface area contributed by atoms with Gasteiger partial charge >= 0.3 is 5.97 Å². The quantitative estimate of drug-likeness (QED) is 0.873. The smallest absolute Gasteiger partial charge is 0.306 e. The van der Waals surface area contributed by atoms with E-state index in [1.807, 2.05) is 29.6 Å². The highest BCUT2D eigenvalue weighted by atomic mass is 32.1. The van der Waals surface area contributed by atoms with E-state index in [9.17, 15) is 9.59 Å². The fourth-order valence-corrected chi connectivity index (χ4v) is 3.51. The molecule has 0 bridgehead atoms.